The first-order chi connectivity index (χ1) is 9.77. The van der Waals surface area contributed by atoms with Gasteiger partial charge in [0.15, 0.2) is 0 Å². The Morgan fingerprint density at radius 2 is 1.90 bits per heavy atom. The van der Waals surface area contributed by atoms with Crippen LogP contribution in [0.5, 0.6) is 0 Å². The molecular weight excluding hydrogens is 315 g/mol. The molecule has 1 aromatic carbocycles. The molecule has 0 spiro atoms. The molecule has 1 unspecified atom stereocenters. The van der Waals surface area contributed by atoms with Crippen LogP contribution in [0, 0.1) is 5.92 Å². The fourth-order valence-electron chi connectivity index (χ4n) is 1.69. The van der Waals surface area contributed by atoms with Gasteiger partial charge in [0.25, 0.3) is 11.8 Å². The van der Waals surface area contributed by atoms with Gasteiger partial charge in [0, 0.05) is 12.1 Å². The zero-order chi connectivity index (χ0) is 16.2. The van der Waals surface area contributed by atoms with Gasteiger partial charge in [-0.15, -0.1) is 0 Å². The minimum Gasteiger partial charge on any atom is -0.340 e. The summed E-state index contributed by atoms with van der Waals surface area (Å²) < 4.78 is 0. The van der Waals surface area contributed by atoms with Gasteiger partial charge in [-0.05, 0) is 24.1 Å². The fraction of sp³-hybridized carbons (Fsp3) is 0.429. The Morgan fingerprint density at radius 1 is 1.29 bits per heavy atom. The van der Waals surface area contributed by atoms with Gasteiger partial charge in [0.2, 0.25) is 0 Å². The van der Waals surface area contributed by atoms with Gasteiger partial charge in [-0.2, -0.15) is 0 Å². The lowest BCUT2D eigenvalue weighted by Crippen LogP contribution is -2.50. The van der Waals surface area contributed by atoms with Crippen molar-refractivity contribution in [2.24, 2.45) is 5.92 Å². The van der Waals surface area contributed by atoms with Crippen LogP contribution in [0.4, 0.5) is 0 Å². The van der Waals surface area contributed by atoms with Gasteiger partial charge < -0.3 is 5.32 Å². The normalized spacial score (nSPS) is 12.1. The van der Waals surface area contributed by atoms with Crippen molar-refractivity contribution in [3.63, 3.8) is 0 Å². The third-order valence-corrected chi connectivity index (χ3v) is 3.53. The number of hydrogen-bond donors (Lipinski definition) is 1. The van der Waals surface area contributed by atoms with Crippen molar-refractivity contribution >= 4 is 35.0 Å². The van der Waals surface area contributed by atoms with Gasteiger partial charge >= 0.3 is 0 Å². The highest BCUT2D eigenvalue weighted by molar-refractivity contribution is 6.36. The molecule has 0 saturated heterocycles. The summed E-state index contributed by atoms with van der Waals surface area (Å²) in [6.07, 6.45) is 0. The number of carbonyl (C=O) groups excluding carboxylic acids is 2. The minimum absolute atomic E-state index is 0.106. The Bertz CT molecular complexity index is 535. The Balaban J connectivity index is 2.94. The first kappa shape index (κ1) is 17.8. The third kappa shape index (κ3) is 4.59. The molecule has 0 saturated carbocycles. The summed E-state index contributed by atoms with van der Waals surface area (Å²) in [5, 5.41) is 4.42. The largest absolute Gasteiger partial charge is 0.340 e. The van der Waals surface area contributed by atoms with Crippen molar-refractivity contribution in [1.82, 2.24) is 10.4 Å². The van der Waals surface area contributed by atoms with Crippen molar-refractivity contribution in [2.45, 2.75) is 19.9 Å². The number of halogens is 2. The number of benzene rings is 1. The summed E-state index contributed by atoms with van der Waals surface area (Å²) in [5.41, 5.74) is 0.264. The van der Waals surface area contributed by atoms with Crippen LogP contribution < -0.4 is 5.32 Å². The van der Waals surface area contributed by atoms with E-state index in [-0.39, 0.29) is 22.4 Å². The molecule has 1 N–H and O–H groups in total. The van der Waals surface area contributed by atoms with Crippen molar-refractivity contribution in [2.75, 3.05) is 14.2 Å². The maximum Gasteiger partial charge on any atom is 0.268 e. The van der Waals surface area contributed by atoms with E-state index in [2.05, 4.69) is 5.32 Å². The van der Waals surface area contributed by atoms with Crippen molar-refractivity contribution in [1.29, 1.82) is 0 Å². The maximum absolute atomic E-state index is 12.3. The molecule has 0 aliphatic rings. The number of amides is 2. The number of likely N-dealkylation sites (N-methyl/N-ethyl adjacent to an activating group) is 1. The van der Waals surface area contributed by atoms with E-state index in [1.165, 1.54) is 26.3 Å². The summed E-state index contributed by atoms with van der Waals surface area (Å²) in [4.78, 5) is 29.3. The first-order valence-electron chi connectivity index (χ1n) is 6.35. The molecule has 0 bridgehead atoms. The molecule has 0 aromatic heterocycles. The Morgan fingerprint density at radius 3 is 2.38 bits per heavy atom. The lowest BCUT2D eigenvalue weighted by atomic mass is 10.0. The summed E-state index contributed by atoms with van der Waals surface area (Å²) in [5.74, 6) is -0.885. The zero-order valence-electron chi connectivity index (χ0n) is 12.3. The van der Waals surface area contributed by atoms with Gasteiger partial charge in [0.1, 0.15) is 6.04 Å². The van der Waals surface area contributed by atoms with Crippen molar-refractivity contribution < 1.29 is 14.4 Å². The second kappa shape index (κ2) is 7.64. The molecule has 0 aliphatic carbocycles. The van der Waals surface area contributed by atoms with E-state index in [0.717, 1.165) is 5.06 Å². The van der Waals surface area contributed by atoms with Gasteiger partial charge in [-0.3, -0.25) is 14.4 Å². The highest BCUT2D eigenvalue weighted by atomic mass is 35.5. The van der Waals surface area contributed by atoms with Crippen molar-refractivity contribution in [3.05, 3.63) is 33.8 Å². The van der Waals surface area contributed by atoms with E-state index in [0.29, 0.717) is 5.02 Å². The summed E-state index contributed by atoms with van der Waals surface area (Å²) in [6.45, 7) is 3.66. The second-order valence-corrected chi connectivity index (χ2v) is 5.68. The summed E-state index contributed by atoms with van der Waals surface area (Å²) >= 11 is 11.8. The number of nitrogens with one attached hydrogen (secondary N) is 1. The van der Waals surface area contributed by atoms with Crippen LogP contribution in [-0.2, 0) is 9.63 Å². The van der Waals surface area contributed by atoms with Gasteiger partial charge in [-0.25, -0.2) is 5.06 Å². The Kier molecular flexibility index (Phi) is 6.45. The van der Waals surface area contributed by atoms with Crippen LogP contribution >= 0.6 is 23.2 Å². The van der Waals surface area contributed by atoms with E-state index in [4.69, 9.17) is 28.0 Å². The average molecular weight is 333 g/mol. The van der Waals surface area contributed by atoms with Crippen LogP contribution in [0.25, 0.3) is 0 Å². The van der Waals surface area contributed by atoms with E-state index in [1.54, 1.807) is 6.07 Å². The number of hydrogen-bond acceptors (Lipinski definition) is 3. The predicted molar refractivity (Wildman–Crippen MR) is 82.3 cm³/mol. The molecule has 1 atom stereocenters. The molecule has 7 heteroatoms. The predicted octanol–water partition coefficient (Wildman–Crippen LogP) is 2.77. The van der Waals surface area contributed by atoms with Crippen LogP contribution in [-0.4, -0.2) is 37.1 Å². The monoisotopic (exact) mass is 332 g/mol. The molecule has 1 rings (SSSR count). The van der Waals surface area contributed by atoms with Crippen LogP contribution in [0.3, 0.4) is 0 Å². The number of hydroxylamine groups is 2. The molecule has 0 radical (unpaired) electrons. The maximum atomic E-state index is 12.3. The summed E-state index contributed by atoms with van der Waals surface area (Å²) in [7, 11) is 2.87. The Labute approximate surface area is 134 Å². The minimum atomic E-state index is -0.714. The lowest BCUT2D eigenvalue weighted by molar-refractivity contribution is -0.171. The lowest BCUT2D eigenvalue weighted by Gasteiger charge is -2.25. The summed E-state index contributed by atoms with van der Waals surface area (Å²) in [6, 6.07) is 3.85. The van der Waals surface area contributed by atoms with Gasteiger partial charge in [-0.1, -0.05) is 37.0 Å². The fourth-order valence-corrected chi connectivity index (χ4v) is 2.19. The second-order valence-electron chi connectivity index (χ2n) is 4.84. The molecule has 0 heterocycles. The average Bonchev–Trinajstić information content (AvgIpc) is 2.42. The molecule has 0 aliphatic heterocycles. The zero-order valence-corrected chi connectivity index (χ0v) is 13.8. The third-order valence-electron chi connectivity index (χ3n) is 2.98. The van der Waals surface area contributed by atoms with Crippen LogP contribution in [0.1, 0.15) is 24.2 Å². The van der Waals surface area contributed by atoms with E-state index < -0.39 is 11.9 Å². The van der Waals surface area contributed by atoms with Crippen molar-refractivity contribution in [3.8, 4) is 0 Å². The molecule has 1 aromatic rings. The quantitative estimate of drug-likeness (QED) is 0.843. The number of nitrogens with zero attached hydrogens (tertiary/aromatic N) is 1. The molecule has 116 valence electrons. The van der Waals surface area contributed by atoms with Gasteiger partial charge in [0.05, 0.1) is 17.7 Å². The molecule has 21 heavy (non-hydrogen) atoms. The number of carbonyl (C=O) groups is 2. The molecular formula is C14H18Cl2N2O3. The highest BCUT2D eigenvalue weighted by Crippen LogP contribution is 2.21. The Hall–Kier alpha value is -1.30. The smallest absolute Gasteiger partial charge is 0.268 e. The first-order valence-corrected chi connectivity index (χ1v) is 7.11. The molecule has 2 amide bonds. The SMILES string of the molecule is CON(C)C(=O)C(NC(=O)c1ccc(Cl)cc1Cl)C(C)C. The number of rotatable bonds is 5. The topological polar surface area (TPSA) is 58.6 Å². The van der Waals surface area contributed by atoms with E-state index in [9.17, 15) is 9.59 Å². The van der Waals surface area contributed by atoms with E-state index >= 15 is 0 Å². The molecule has 0 fully saturated rings. The van der Waals surface area contributed by atoms with E-state index in [1.807, 2.05) is 13.8 Å². The highest BCUT2D eigenvalue weighted by Gasteiger charge is 2.28. The standard InChI is InChI=1S/C14H18Cl2N2O3/c1-8(2)12(14(20)18(3)21-4)17-13(19)10-6-5-9(15)7-11(10)16/h5-8,12H,1-4H3,(H,17,19). The van der Waals surface area contributed by atoms with Crippen LogP contribution in [0.2, 0.25) is 10.0 Å². The van der Waals surface area contributed by atoms with Crippen LogP contribution in [0.15, 0.2) is 18.2 Å². The molecule has 5 nitrogen and oxygen atoms in total.